The van der Waals surface area contributed by atoms with Gasteiger partial charge in [0.2, 0.25) is 0 Å². The first-order valence-electron chi connectivity index (χ1n) is 5.55. The van der Waals surface area contributed by atoms with Gasteiger partial charge in [-0.3, -0.25) is 0 Å². The number of nitrogens with zero attached hydrogens (tertiary/aromatic N) is 2. The molecular formula is C14H13N3. The predicted molar refractivity (Wildman–Crippen MR) is 66.6 cm³/mol. The quantitative estimate of drug-likeness (QED) is 0.805. The fourth-order valence-electron chi connectivity index (χ4n) is 2.04. The van der Waals surface area contributed by atoms with Crippen molar-refractivity contribution in [3.63, 3.8) is 0 Å². The van der Waals surface area contributed by atoms with Gasteiger partial charge in [-0.2, -0.15) is 10.5 Å². The Morgan fingerprint density at radius 3 is 2.41 bits per heavy atom. The number of H-pyrrole nitrogens is 1. The first-order valence-corrected chi connectivity index (χ1v) is 5.55. The summed E-state index contributed by atoms with van der Waals surface area (Å²) in [5, 5.41) is 19.1. The molecule has 0 saturated heterocycles. The van der Waals surface area contributed by atoms with Crippen molar-refractivity contribution in [2.45, 2.75) is 26.7 Å². The van der Waals surface area contributed by atoms with E-state index in [2.05, 4.69) is 17.1 Å². The number of fused-ring (bicyclic) bond motifs is 1. The Hall–Kier alpha value is -2.26. The van der Waals surface area contributed by atoms with Crippen LogP contribution in [0.4, 0.5) is 0 Å². The van der Waals surface area contributed by atoms with E-state index < -0.39 is 0 Å². The van der Waals surface area contributed by atoms with Gasteiger partial charge in [0, 0.05) is 16.6 Å². The lowest BCUT2D eigenvalue weighted by atomic mass is 10.0. The molecule has 1 aromatic heterocycles. The van der Waals surface area contributed by atoms with Gasteiger partial charge in [-0.15, -0.1) is 0 Å². The summed E-state index contributed by atoms with van der Waals surface area (Å²) >= 11 is 0. The second kappa shape index (κ2) is 3.96. The zero-order valence-corrected chi connectivity index (χ0v) is 10.1. The molecule has 1 heterocycles. The van der Waals surface area contributed by atoms with Crippen molar-refractivity contribution >= 4 is 10.9 Å². The minimum absolute atomic E-state index is 0.267. The molecule has 3 nitrogen and oxygen atoms in total. The third kappa shape index (κ3) is 1.66. The summed E-state index contributed by atoms with van der Waals surface area (Å²) < 4.78 is 0. The smallest absolute Gasteiger partial charge is 0.102 e. The number of nitrogens with one attached hydrogen (secondary N) is 1. The van der Waals surface area contributed by atoms with Crippen LogP contribution >= 0.6 is 0 Å². The number of hydrogen-bond acceptors (Lipinski definition) is 2. The molecule has 0 aliphatic heterocycles. The van der Waals surface area contributed by atoms with Gasteiger partial charge in [0.05, 0.1) is 17.2 Å². The second-order valence-electron chi connectivity index (χ2n) is 4.50. The van der Waals surface area contributed by atoms with Crippen LogP contribution < -0.4 is 0 Å². The maximum Gasteiger partial charge on any atom is 0.102 e. The highest BCUT2D eigenvalue weighted by atomic mass is 14.7. The molecule has 0 bridgehead atoms. The van der Waals surface area contributed by atoms with E-state index in [4.69, 9.17) is 5.26 Å². The van der Waals surface area contributed by atoms with Crippen LogP contribution in [0.15, 0.2) is 12.1 Å². The molecule has 2 rings (SSSR count). The van der Waals surface area contributed by atoms with Crippen LogP contribution in [0.3, 0.4) is 0 Å². The molecule has 1 aromatic carbocycles. The fourth-order valence-corrected chi connectivity index (χ4v) is 2.04. The molecule has 0 atom stereocenters. The third-order valence-corrected chi connectivity index (χ3v) is 2.98. The van der Waals surface area contributed by atoms with E-state index in [9.17, 15) is 5.26 Å². The highest BCUT2D eigenvalue weighted by molar-refractivity contribution is 5.89. The van der Waals surface area contributed by atoms with Crippen molar-refractivity contribution in [2.24, 2.45) is 0 Å². The molecule has 0 unspecified atom stereocenters. The SMILES string of the molecule is Cc1cc2[nH]c(C(C)C)c(C#N)c2cc1C#N. The highest BCUT2D eigenvalue weighted by Gasteiger charge is 2.15. The summed E-state index contributed by atoms with van der Waals surface area (Å²) in [5.41, 5.74) is 4.09. The topological polar surface area (TPSA) is 63.4 Å². The molecule has 17 heavy (non-hydrogen) atoms. The van der Waals surface area contributed by atoms with Crippen LogP contribution in [0.5, 0.6) is 0 Å². The average molecular weight is 223 g/mol. The molecule has 0 radical (unpaired) electrons. The zero-order chi connectivity index (χ0) is 12.6. The molecule has 0 spiro atoms. The Morgan fingerprint density at radius 1 is 1.18 bits per heavy atom. The maximum absolute atomic E-state index is 9.23. The maximum atomic E-state index is 9.23. The van der Waals surface area contributed by atoms with Gasteiger partial charge in [-0.25, -0.2) is 0 Å². The largest absolute Gasteiger partial charge is 0.357 e. The van der Waals surface area contributed by atoms with Gasteiger partial charge in [0.25, 0.3) is 0 Å². The first kappa shape index (κ1) is 11.2. The van der Waals surface area contributed by atoms with Crippen molar-refractivity contribution in [2.75, 3.05) is 0 Å². The number of hydrogen-bond donors (Lipinski definition) is 1. The van der Waals surface area contributed by atoms with Gasteiger partial charge >= 0.3 is 0 Å². The Labute approximate surface area is 100 Å². The minimum atomic E-state index is 0.267. The molecule has 84 valence electrons. The molecule has 0 saturated carbocycles. The van der Waals surface area contributed by atoms with Crippen LogP contribution in [0.2, 0.25) is 0 Å². The van der Waals surface area contributed by atoms with Crippen LogP contribution in [0.1, 0.15) is 42.1 Å². The van der Waals surface area contributed by atoms with Crippen molar-refractivity contribution in [3.8, 4) is 12.1 Å². The van der Waals surface area contributed by atoms with Crippen molar-refractivity contribution in [3.05, 3.63) is 34.5 Å². The number of aryl methyl sites for hydroxylation is 1. The Kier molecular flexibility index (Phi) is 2.61. The molecule has 0 amide bonds. The lowest BCUT2D eigenvalue weighted by Gasteiger charge is -2.00. The average Bonchev–Trinajstić information content (AvgIpc) is 2.65. The van der Waals surface area contributed by atoms with E-state index in [0.717, 1.165) is 22.2 Å². The molecule has 1 N–H and O–H groups in total. The van der Waals surface area contributed by atoms with Crippen LogP contribution in [-0.2, 0) is 0 Å². The van der Waals surface area contributed by atoms with Crippen LogP contribution in [-0.4, -0.2) is 4.98 Å². The van der Waals surface area contributed by atoms with Gasteiger partial charge in [-0.1, -0.05) is 13.8 Å². The summed E-state index contributed by atoms with van der Waals surface area (Å²) in [6, 6.07) is 8.11. The Balaban J connectivity index is 2.86. The molecule has 0 aliphatic rings. The predicted octanol–water partition coefficient (Wildman–Crippen LogP) is 3.34. The van der Waals surface area contributed by atoms with Crippen molar-refractivity contribution < 1.29 is 0 Å². The van der Waals surface area contributed by atoms with Gasteiger partial charge in [-0.05, 0) is 30.5 Å². The second-order valence-corrected chi connectivity index (χ2v) is 4.50. The third-order valence-electron chi connectivity index (χ3n) is 2.98. The summed E-state index contributed by atoms with van der Waals surface area (Å²) in [7, 11) is 0. The van der Waals surface area contributed by atoms with Crippen molar-refractivity contribution in [1.29, 1.82) is 10.5 Å². The summed E-state index contributed by atoms with van der Waals surface area (Å²) in [5.74, 6) is 0.267. The first-order chi connectivity index (χ1) is 8.08. The fraction of sp³-hybridized carbons (Fsp3) is 0.286. The van der Waals surface area contributed by atoms with E-state index in [-0.39, 0.29) is 5.92 Å². The summed E-state index contributed by atoms with van der Waals surface area (Å²) in [4.78, 5) is 3.27. The molecule has 0 aliphatic carbocycles. The van der Waals surface area contributed by atoms with E-state index in [1.807, 2.05) is 26.8 Å². The number of aromatic nitrogens is 1. The molecule has 2 aromatic rings. The number of rotatable bonds is 1. The normalized spacial score (nSPS) is 10.5. The number of nitriles is 2. The minimum Gasteiger partial charge on any atom is -0.357 e. The van der Waals surface area contributed by atoms with Crippen LogP contribution in [0.25, 0.3) is 10.9 Å². The van der Waals surface area contributed by atoms with Gasteiger partial charge < -0.3 is 4.98 Å². The zero-order valence-electron chi connectivity index (χ0n) is 10.1. The summed E-state index contributed by atoms with van der Waals surface area (Å²) in [6.45, 7) is 5.99. The molecule has 0 fully saturated rings. The molecule has 3 heteroatoms. The van der Waals surface area contributed by atoms with Gasteiger partial charge in [0.1, 0.15) is 6.07 Å². The lowest BCUT2D eigenvalue weighted by molar-refractivity contribution is 0.833. The van der Waals surface area contributed by atoms with E-state index in [1.165, 1.54) is 0 Å². The monoisotopic (exact) mass is 223 g/mol. The standard InChI is InChI=1S/C14H13N3/c1-8(2)14-12(7-16)11-5-10(6-15)9(3)4-13(11)17-14/h4-5,8,17H,1-3H3. The number of benzene rings is 1. The van der Waals surface area contributed by atoms with Gasteiger partial charge in [0.15, 0.2) is 0 Å². The van der Waals surface area contributed by atoms with E-state index >= 15 is 0 Å². The lowest BCUT2D eigenvalue weighted by Crippen LogP contribution is -1.89. The van der Waals surface area contributed by atoms with Crippen molar-refractivity contribution in [1.82, 2.24) is 4.98 Å². The Morgan fingerprint density at radius 2 is 1.88 bits per heavy atom. The number of aromatic amines is 1. The Bertz CT molecular complexity index is 663. The van der Waals surface area contributed by atoms with E-state index in [1.54, 1.807) is 6.07 Å². The van der Waals surface area contributed by atoms with Crippen LogP contribution in [0, 0.1) is 29.6 Å². The molecular weight excluding hydrogens is 210 g/mol. The summed E-state index contributed by atoms with van der Waals surface area (Å²) in [6.07, 6.45) is 0. The highest BCUT2D eigenvalue weighted by Crippen LogP contribution is 2.28. The van der Waals surface area contributed by atoms with E-state index in [0.29, 0.717) is 11.1 Å².